The predicted octanol–water partition coefficient (Wildman–Crippen LogP) is 2.30. The van der Waals surface area contributed by atoms with Crippen LogP contribution in [0.25, 0.3) is 0 Å². The Morgan fingerprint density at radius 1 is 1.40 bits per heavy atom. The van der Waals surface area contributed by atoms with Crippen molar-refractivity contribution in [1.29, 1.82) is 0 Å². The summed E-state index contributed by atoms with van der Waals surface area (Å²) in [6.45, 7) is 4.99. The van der Waals surface area contributed by atoms with Crippen LogP contribution < -0.4 is 5.32 Å². The minimum Gasteiger partial charge on any atom is -0.462 e. The fraction of sp³-hybridized carbons (Fsp3) is 0.400. The number of ketones is 1. The lowest BCUT2D eigenvalue weighted by molar-refractivity contribution is -0.113. The average molecular weight is 382 g/mol. The van der Waals surface area contributed by atoms with E-state index in [4.69, 9.17) is 4.74 Å². The van der Waals surface area contributed by atoms with Gasteiger partial charge in [-0.25, -0.2) is 4.79 Å². The maximum Gasteiger partial charge on any atom is 0.341 e. The van der Waals surface area contributed by atoms with Crippen LogP contribution in [0.15, 0.2) is 11.5 Å². The lowest BCUT2D eigenvalue weighted by Gasteiger charge is -2.07. The number of thioether (sulfide) groups is 1. The molecule has 10 heteroatoms. The molecule has 0 saturated heterocycles. The van der Waals surface area contributed by atoms with Gasteiger partial charge in [-0.3, -0.25) is 9.59 Å². The largest absolute Gasteiger partial charge is 0.462 e. The van der Waals surface area contributed by atoms with E-state index < -0.39 is 5.97 Å². The van der Waals surface area contributed by atoms with Crippen molar-refractivity contribution in [3.63, 3.8) is 0 Å². The standard InChI is InChI=1S/C15H18N4O4S2/c1-5-23-14(22)11-8(2)12(9(3)20)25-13(11)17-10(21)6-24-15-18-16-7-19(15)4/h7H,5-6H2,1-4H3,(H,17,21). The van der Waals surface area contributed by atoms with E-state index in [0.29, 0.717) is 20.6 Å². The molecule has 2 heterocycles. The Morgan fingerprint density at radius 2 is 2.12 bits per heavy atom. The van der Waals surface area contributed by atoms with Crippen molar-refractivity contribution in [2.24, 2.45) is 7.05 Å². The second-order valence-corrected chi connectivity index (χ2v) is 7.06. The number of esters is 1. The Labute approximate surface area is 153 Å². The van der Waals surface area contributed by atoms with Crippen LogP contribution in [0.4, 0.5) is 5.00 Å². The Hall–Kier alpha value is -2.20. The number of hydrogen-bond donors (Lipinski definition) is 1. The number of aryl methyl sites for hydroxylation is 1. The Bertz CT molecular complexity index is 813. The molecule has 1 amide bonds. The first-order chi connectivity index (χ1) is 11.8. The quantitative estimate of drug-likeness (QED) is 0.445. The van der Waals surface area contributed by atoms with Gasteiger partial charge in [0, 0.05) is 7.05 Å². The van der Waals surface area contributed by atoms with Crippen molar-refractivity contribution in [2.45, 2.75) is 25.9 Å². The minimum atomic E-state index is -0.556. The SMILES string of the molecule is CCOC(=O)c1c(NC(=O)CSc2nncn2C)sc(C(C)=O)c1C. The zero-order chi connectivity index (χ0) is 18.6. The molecule has 0 spiro atoms. The van der Waals surface area contributed by atoms with Gasteiger partial charge in [0.2, 0.25) is 5.91 Å². The Balaban J connectivity index is 2.18. The number of carbonyl (C=O) groups is 3. The van der Waals surface area contributed by atoms with Crippen LogP contribution in [0.2, 0.25) is 0 Å². The van der Waals surface area contributed by atoms with Gasteiger partial charge in [-0.1, -0.05) is 11.8 Å². The molecule has 134 valence electrons. The number of aromatic nitrogens is 3. The van der Waals surface area contributed by atoms with Crippen molar-refractivity contribution in [3.05, 3.63) is 22.3 Å². The molecule has 0 bridgehead atoms. The van der Waals surface area contributed by atoms with E-state index in [1.165, 1.54) is 18.7 Å². The van der Waals surface area contributed by atoms with Crippen molar-refractivity contribution >= 4 is 45.8 Å². The van der Waals surface area contributed by atoms with E-state index in [-0.39, 0.29) is 29.6 Å². The number of nitrogens with zero attached hydrogens (tertiary/aromatic N) is 3. The molecule has 0 saturated carbocycles. The summed E-state index contributed by atoms with van der Waals surface area (Å²) >= 11 is 2.30. The highest BCUT2D eigenvalue weighted by Gasteiger charge is 2.25. The van der Waals surface area contributed by atoms with Crippen LogP contribution in [0, 0.1) is 6.92 Å². The maximum atomic E-state index is 12.2. The van der Waals surface area contributed by atoms with Gasteiger partial charge < -0.3 is 14.6 Å². The van der Waals surface area contributed by atoms with E-state index in [9.17, 15) is 14.4 Å². The third-order valence-corrected chi connectivity index (χ3v) is 5.54. The summed E-state index contributed by atoms with van der Waals surface area (Å²) < 4.78 is 6.74. The molecule has 0 fully saturated rings. The van der Waals surface area contributed by atoms with E-state index in [2.05, 4.69) is 15.5 Å². The van der Waals surface area contributed by atoms with E-state index in [1.807, 2.05) is 0 Å². The number of amides is 1. The molecule has 2 aromatic rings. The van der Waals surface area contributed by atoms with Crippen molar-refractivity contribution in [3.8, 4) is 0 Å². The van der Waals surface area contributed by atoms with Gasteiger partial charge in [-0.05, 0) is 26.3 Å². The van der Waals surface area contributed by atoms with E-state index in [0.717, 1.165) is 11.3 Å². The predicted molar refractivity (Wildman–Crippen MR) is 95.4 cm³/mol. The van der Waals surface area contributed by atoms with Crippen LogP contribution in [-0.4, -0.2) is 44.8 Å². The number of carbonyl (C=O) groups excluding carboxylic acids is 3. The molecule has 0 aliphatic heterocycles. The number of Topliss-reactive ketones (excluding diaryl/α,β-unsaturated/α-hetero) is 1. The highest BCUT2D eigenvalue weighted by molar-refractivity contribution is 7.99. The lowest BCUT2D eigenvalue weighted by Crippen LogP contribution is -2.16. The summed E-state index contributed by atoms with van der Waals surface area (Å²) in [6, 6.07) is 0. The summed E-state index contributed by atoms with van der Waals surface area (Å²) in [6.07, 6.45) is 1.54. The first-order valence-corrected chi connectivity index (χ1v) is 9.23. The van der Waals surface area contributed by atoms with Gasteiger partial charge in [0.05, 0.1) is 22.8 Å². The van der Waals surface area contributed by atoms with Crippen LogP contribution in [0.1, 0.15) is 39.4 Å². The number of rotatable bonds is 7. The fourth-order valence-corrected chi connectivity index (χ4v) is 3.88. The highest BCUT2D eigenvalue weighted by Crippen LogP contribution is 2.34. The molecule has 0 atom stereocenters. The molecule has 2 rings (SSSR count). The number of anilines is 1. The first kappa shape index (κ1) is 19.1. The zero-order valence-electron chi connectivity index (χ0n) is 14.3. The van der Waals surface area contributed by atoms with Gasteiger partial charge >= 0.3 is 5.97 Å². The second kappa shape index (κ2) is 8.26. The fourth-order valence-electron chi connectivity index (χ4n) is 2.08. The molecule has 8 nitrogen and oxygen atoms in total. The maximum absolute atomic E-state index is 12.2. The topological polar surface area (TPSA) is 103 Å². The summed E-state index contributed by atoms with van der Waals surface area (Å²) in [5.74, 6) is -0.932. The molecule has 0 aliphatic rings. The summed E-state index contributed by atoms with van der Waals surface area (Å²) in [5.41, 5.74) is 0.751. The lowest BCUT2D eigenvalue weighted by atomic mass is 10.1. The van der Waals surface area contributed by atoms with Gasteiger partial charge in [-0.2, -0.15) is 0 Å². The van der Waals surface area contributed by atoms with Crippen molar-refractivity contribution in [2.75, 3.05) is 17.7 Å². The van der Waals surface area contributed by atoms with Crippen molar-refractivity contribution < 1.29 is 19.1 Å². The first-order valence-electron chi connectivity index (χ1n) is 7.43. The molecule has 0 aromatic carbocycles. The number of hydrogen-bond acceptors (Lipinski definition) is 8. The van der Waals surface area contributed by atoms with Crippen LogP contribution in [0.3, 0.4) is 0 Å². The molecule has 0 unspecified atom stereocenters. The van der Waals surface area contributed by atoms with Gasteiger partial charge in [-0.15, -0.1) is 21.5 Å². The molecule has 25 heavy (non-hydrogen) atoms. The normalized spacial score (nSPS) is 10.6. The molecule has 0 radical (unpaired) electrons. The second-order valence-electron chi connectivity index (χ2n) is 5.10. The molecule has 2 aromatic heterocycles. The number of nitrogens with one attached hydrogen (secondary N) is 1. The van der Waals surface area contributed by atoms with Crippen molar-refractivity contribution in [1.82, 2.24) is 14.8 Å². The smallest absolute Gasteiger partial charge is 0.341 e. The average Bonchev–Trinajstić information content (AvgIpc) is 3.09. The van der Waals surface area contributed by atoms with E-state index in [1.54, 1.807) is 31.8 Å². The monoisotopic (exact) mass is 382 g/mol. The minimum absolute atomic E-state index is 0.0984. The third kappa shape index (κ3) is 4.45. The molecule has 0 aliphatic carbocycles. The van der Waals surface area contributed by atoms with Gasteiger partial charge in [0.1, 0.15) is 11.3 Å². The van der Waals surface area contributed by atoms with Crippen LogP contribution >= 0.6 is 23.1 Å². The highest BCUT2D eigenvalue weighted by atomic mass is 32.2. The molecular formula is C15H18N4O4S2. The van der Waals surface area contributed by atoms with Crippen LogP contribution in [0.5, 0.6) is 0 Å². The molecule has 1 N–H and O–H groups in total. The summed E-state index contributed by atoms with van der Waals surface area (Å²) in [5, 5.41) is 11.2. The summed E-state index contributed by atoms with van der Waals surface area (Å²) in [4.78, 5) is 36.6. The van der Waals surface area contributed by atoms with E-state index >= 15 is 0 Å². The molecular weight excluding hydrogens is 364 g/mol. The number of ether oxygens (including phenoxy) is 1. The van der Waals surface area contributed by atoms with Gasteiger partial charge in [0.25, 0.3) is 0 Å². The zero-order valence-corrected chi connectivity index (χ0v) is 15.9. The van der Waals surface area contributed by atoms with Gasteiger partial charge in [0.15, 0.2) is 10.9 Å². The van der Waals surface area contributed by atoms with Crippen LogP contribution in [-0.2, 0) is 16.6 Å². The number of thiophene rings is 1. The Morgan fingerprint density at radius 3 is 2.68 bits per heavy atom. The summed E-state index contributed by atoms with van der Waals surface area (Å²) in [7, 11) is 1.78. The third-order valence-electron chi connectivity index (χ3n) is 3.20. The Kier molecular flexibility index (Phi) is 6.32.